The zero-order chi connectivity index (χ0) is 19.5. The van der Waals surface area contributed by atoms with Gasteiger partial charge in [-0.25, -0.2) is 4.39 Å². The van der Waals surface area contributed by atoms with E-state index in [1.807, 2.05) is 19.9 Å². The molecular weight excluding hydrogens is 333 g/mol. The summed E-state index contributed by atoms with van der Waals surface area (Å²) in [4.78, 5) is 4.67. The fraction of sp³-hybridized carbons (Fsp3) is 0.650. The molecule has 2 atom stereocenters. The number of methoxy groups -OCH3 is 1. The van der Waals surface area contributed by atoms with Crippen LogP contribution < -0.4 is 15.4 Å². The molecule has 0 fully saturated rings. The number of halogens is 1. The molecule has 0 heterocycles. The Kier molecular flexibility index (Phi) is 10.0. The summed E-state index contributed by atoms with van der Waals surface area (Å²) < 4.78 is 18.9. The lowest BCUT2D eigenvalue weighted by atomic mass is 9.94. The molecule has 0 aliphatic rings. The molecule has 0 amide bonds. The van der Waals surface area contributed by atoms with Gasteiger partial charge in [-0.1, -0.05) is 19.9 Å². The number of aliphatic hydroxyl groups is 1. The number of hydrogen-bond donors (Lipinski definition) is 3. The Labute approximate surface area is 157 Å². The van der Waals surface area contributed by atoms with E-state index in [1.165, 1.54) is 13.2 Å². The third-order valence-corrected chi connectivity index (χ3v) is 4.22. The van der Waals surface area contributed by atoms with Crippen LogP contribution in [0.5, 0.6) is 5.75 Å². The molecule has 0 saturated carbocycles. The molecule has 1 aromatic carbocycles. The van der Waals surface area contributed by atoms with E-state index in [0.29, 0.717) is 24.3 Å². The average Bonchev–Trinajstić information content (AvgIpc) is 2.59. The standard InChI is InChI=1S/C20H34FN3O2/c1-6-22-20(23-13-16(9-10-25)11-14(2)3)24-15(4)17-7-8-19(26-5)18(21)12-17/h7-8,12,14-16,25H,6,9-11,13H2,1-5H3,(H2,22,23,24). The minimum Gasteiger partial charge on any atom is -0.494 e. The van der Waals surface area contributed by atoms with Crippen molar-refractivity contribution in [2.45, 2.75) is 46.6 Å². The molecule has 0 aromatic heterocycles. The largest absolute Gasteiger partial charge is 0.494 e. The first-order valence-electron chi connectivity index (χ1n) is 9.40. The van der Waals surface area contributed by atoms with E-state index in [4.69, 9.17) is 4.74 Å². The maximum Gasteiger partial charge on any atom is 0.191 e. The number of benzene rings is 1. The Morgan fingerprint density at radius 3 is 2.58 bits per heavy atom. The molecule has 26 heavy (non-hydrogen) atoms. The minimum atomic E-state index is -0.375. The maximum absolute atomic E-state index is 13.9. The van der Waals surface area contributed by atoms with Gasteiger partial charge in [0.1, 0.15) is 0 Å². The number of ether oxygens (including phenoxy) is 1. The summed E-state index contributed by atoms with van der Waals surface area (Å²) in [6.07, 6.45) is 1.78. The highest BCUT2D eigenvalue weighted by Gasteiger charge is 2.13. The maximum atomic E-state index is 13.9. The van der Waals surface area contributed by atoms with Gasteiger partial charge in [0, 0.05) is 19.7 Å². The summed E-state index contributed by atoms with van der Waals surface area (Å²) in [6.45, 7) is 9.90. The van der Waals surface area contributed by atoms with Crippen molar-refractivity contribution in [3.63, 3.8) is 0 Å². The van der Waals surface area contributed by atoms with Crippen molar-refractivity contribution in [1.82, 2.24) is 10.6 Å². The quantitative estimate of drug-likeness (QED) is 0.437. The summed E-state index contributed by atoms with van der Waals surface area (Å²) in [5.41, 5.74) is 0.822. The molecule has 1 aromatic rings. The van der Waals surface area contributed by atoms with Crippen LogP contribution in [0.1, 0.15) is 52.1 Å². The zero-order valence-corrected chi connectivity index (χ0v) is 16.7. The highest BCUT2D eigenvalue weighted by atomic mass is 19.1. The molecule has 0 aliphatic heterocycles. The van der Waals surface area contributed by atoms with E-state index >= 15 is 0 Å². The Morgan fingerprint density at radius 1 is 1.31 bits per heavy atom. The minimum absolute atomic E-state index is 0.102. The van der Waals surface area contributed by atoms with Crippen molar-refractivity contribution in [2.75, 3.05) is 26.8 Å². The van der Waals surface area contributed by atoms with Gasteiger partial charge in [-0.15, -0.1) is 0 Å². The normalized spacial score (nSPS) is 14.2. The van der Waals surface area contributed by atoms with Gasteiger partial charge in [-0.05, 0) is 56.2 Å². The molecule has 3 N–H and O–H groups in total. The van der Waals surface area contributed by atoms with Crippen LogP contribution in [0.25, 0.3) is 0 Å². The van der Waals surface area contributed by atoms with Crippen molar-refractivity contribution in [1.29, 1.82) is 0 Å². The second kappa shape index (κ2) is 11.7. The predicted molar refractivity (Wildman–Crippen MR) is 105 cm³/mol. The molecule has 1 rings (SSSR count). The van der Waals surface area contributed by atoms with Crippen LogP contribution in [0.4, 0.5) is 4.39 Å². The van der Waals surface area contributed by atoms with E-state index in [-0.39, 0.29) is 24.2 Å². The smallest absolute Gasteiger partial charge is 0.191 e. The Morgan fingerprint density at radius 2 is 2.04 bits per heavy atom. The number of aliphatic imine (C=N–C) groups is 1. The molecule has 5 nitrogen and oxygen atoms in total. The molecule has 0 saturated heterocycles. The van der Waals surface area contributed by atoms with Gasteiger partial charge in [-0.3, -0.25) is 4.99 Å². The lowest BCUT2D eigenvalue weighted by Gasteiger charge is -2.20. The number of hydrogen-bond acceptors (Lipinski definition) is 3. The Bertz CT molecular complexity index is 564. The molecule has 0 aliphatic carbocycles. The predicted octanol–water partition coefficient (Wildman–Crippen LogP) is 3.50. The molecule has 148 valence electrons. The summed E-state index contributed by atoms with van der Waals surface area (Å²) in [7, 11) is 1.45. The van der Waals surface area contributed by atoms with Gasteiger partial charge in [0.05, 0.1) is 13.2 Å². The topological polar surface area (TPSA) is 65.9 Å². The molecular formula is C20H34FN3O2. The van der Waals surface area contributed by atoms with E-state index < -0.39 is 0 Å². The van der Waals surface area contributed by atoms with Crippen LogP contribution >= 0.6 is 0 Å². The molecule has 0 radical (unpaired) electrons. The molecule has 0 bridgehead atoms. The Balaban J connectivity index is 2.80. The summed E-state index contributed by atoms with van der Waals surface area (Å²) >= 11 is 0. The van der Waals surface area contributed by atoms with Crippen LogP contribution in [0.2, 0.25) is 0 Å². The lowest BCUT2D eigenvalue weighted by Crippen LogP contribution is -2.39. The lowest BCUT2D eigenvalue weighted by molar-refractivity contribution is 0.245. The van der Waals surface area contributed by atoms with E-state index in [2.05, 4.69) is 29.5 Å². The second-order valence-electron chi connectivity index (χ2n) is 6.99. The van der Waals surface area contributed by atoms with Gasteiger partial charge in [0.2, 0.25) is 0 Å². The van der Waals surface area contributed by atoms with Crippen LogP contribution in [0.3, 0.4) is 0 Å². The summed E-state index contributed by atoms with van der Waals surface area (Å²) in [5, 5.41) is 15.8. The zero-order valence-electron chi connectivity index (χ0n) is 16.7. The highest BCUT2D eigenvalue weighted by molar-refractivity contribution is 5.80. The number of rotatable bonds is 10. The van der Waals surface area contributed by atoms with Crippen molar-refractivity contribution < 1.29 is 14.2 Å². The van der Waals surface area contributed by atoms with Crippen molar-refractivity contribution in [3.8, 4) is 5.75 Å². The number of aliphatic hydroxyl groups excluding tert-OH is 1. The molecule has 2 unspecified atom stereocenters. The fourth-order valence-corrected chi connectivity index (χ4v) is 2.91. The van der Waals surface area contributed by atoms with Gasteiger partial charge in [-0.2, -0.15) is 0 Å². The fourth-order valence-electron chi connectivity index (χ4n) is 2.91. The van der Waals surface area contributed by atoms with E-state index in [9.17, 15) is 9.50 Å². The molecule has 0 spiro atoms. The monoisotopic (exact) mass is 367 g/mol. The summed E-state index contributed by atoms with van der Waals surface area (Å²) in [6, 6.07) is 4.85. The van der Waals surface area contributed by atoms with Gasteiger partial charge >= 0.3 is 0 Å². The van der Waals surface area contributed by atoms with Crippen molar-refractivity contribution >= 4 is 5.96 Å². The Hall–Kier alpha value is -1.82. The first-order valence-corrected chi connectivity index (χ1v) is 9.40. The van der Waals surface area contributed by atoms with Crippen LogP contribution in [0, 0.1) is 17.7 Å². The van der Waals surface area contributed by atoms with Crippen molar-refractivity contribution in [2.24, 2.45) is 16.8 Å². The van der Waals surface area contributed by atoms with Crippen molar-refractivity contribution in [3.05, 3.63) is 29.6 Å². The number of nitrogens with one attached hydrogen (secondary N) is 2. The van der Waals surface area contributed by atoms with Gasteiger partial charge in [0.15, 0.2) is 17.5 Å². The third kappa shape index (κ3) is 7.60. The molecule has 6 heteroatoms. The first-order chi connectivity index (χ1) is 12.4. The third-order valence-electron chi connectivity index (χ3n) is 4.22. The van der Waals surface area contributed by atoms with E-state index in [1.54, 1.807) is 6.07 Å². The average molecular weight is 368 g/mol. The SMILES string of the molecule is CCNC(=NCC(CCO)CC(C)C)NC(C)c1ccc(OC)c(F)c1. The second-order valence-corrected chi connectivity index (χ2v) is 6.99. The highest BCUT2D eigenvalue weighted by Crippen LogP contribution is 2.21. The van der Waals surface area contributed by atoms with Crippen LogP contribution in [0.15, 0.2) is 23.2 Å². The summed E-state index contributed by atoms with van der Waals surface area (Å²) in [5.74, 6) is 1.48. The number of guanidine groups is 1. The van der Waals surface area contributed by atoms with E-state index in [0.717, 1.165) is 24.9 Å². The van der Waals surface area contributed by atoms with Gasteiger partial charge < -0.3 is 20.5 Å². The number of nitrogens with zero attached hydrogens (tertiary/aromatic N) is 1. The first kappa shape index (κ1) is 22.2. The van der Waals surface area contributed by atoms with Gasteiger partial charge in [0.25, 0.3) is 0 Å². The van der Waals surface area contributed by atoms with Crippen LogP contribution in [-0.2, 0) is 0 Å². The van der Waals surface area contributed by atoms with Crippen LogP contribution in [-0.4, -0.2) is 37.9 Å².